The Morgan fingerprint density at radius 2 is 1.41 bits per heavy atom. The molecule has 0 saturated carbocycles. The molecule has 0 aliphatic carbocycles. The predicted molar refractivity (Wildman–Crippen MR) is 122 cm³/mol. The number of hydrogen-bond acceptors (Lipinski definition) is 7. The van der Waals surface area contributed by atoms with E-state index in [4.69, 9.17) is 15.2 Å². The van der Waals surface area contributed by atoms with Crippen LogP contribution in [0.25, 0.3) is 0 Å². The molecule has 1 fully saturated rings. The van der Waals surface area contributed by atoms with Crippen LogP contribution in [0.4, 0.5) is 0 Å². The van der Waals surface area contributed by atoms with Crippen molar-refractivity contribution >= 4 is 17.8 Å². The summed E-state index contributed by atoms with van der Waals surface area (Å²) in [4.78, 5) is 39.1. The number of aromatic hydroxyl groups is 1. The molecule has 4 rings (SSSR count). The molecule has 34 heavy (non-hydrogen) atoms. The van der Waals surface area contributed by atoms with Crippen molar-refractivity contribution in [3.05, 3.63) is 102 Å². The van der Waals surface area contributed by atoms with E-state index in [-0.39, 0.29) is 5.75 Å². The van der Waals surface area contributed by atoms with Gasteiger partial charge >= 0.3 is 11.9 Å². The molecule has 8 nitrogen and oxygen atoms in total. The lowest BCUT2D eigenvalue weighted by Crippen LogP contribution is -2.71. The smallest absolute Gasteiger partial charge is 0.334 e. The highest BCUT2D eigenvalue weighted by Crippen LogP contribution is 2.36. The van der Waals surface area contributed by atoms with Crippen LogP contribution >= 0.6 is 0 Å². The second-order valence-electron chi connectivity index (χ2n) is 7.90. The summed E-state index contributed by atoms with van der Waals surface area (Å²) in [5.74, 6) is -1.94. The van der Waals surface area contributed by atoms with Gasteiger partial charge in [0, 0.05) is 6.92 Å². The average molecular weight is 460 g/mol. The van der Waals surface area contributed by atoms with Crippen molar-refractivity contribution in [2.75, 3.05) is 0 Å². The van der Waals surface area contributed by atoms with Gasteiger partial charge in [0.25, 0.3) is 0 Å². The van der Waals surface area contributed by atoms with Crippen LogP contribution in [-0.4, -0.2) is 40.1 Å². The molecule has 3 atom stereocenters. The van der Waals surface area contributed by atoms with Crippen molar-refractivity contribution in [2.24, 2.45) is 5.73 Å². The fraction of sp³-hybridized carbons (Fsp3) is 0.192. The third-order valence-electron chi connectivity index (χ3n) is 5.56. The van der Waals surface area contributed by atoms with Crippen LogP contribution < -0.4 is 5.73 Å². The van der Waals surface area contributed by atoms with E-state index in [0.29, 0.717) is 5.56 Å². The van der Waals surface area contributed by atoms with Crippen LogP contribution in [0.2, 0.25) is 0 Å². The first-order chi connectivity index (χ1) is 16.4. The van der Waals surface area contributed by atoms with Gasteiger partial charge in [-0.25, -0.2) is 4.79 Å². The number of hydrogen-bond donors (Lipinski definition) is 2. The van der Waals surface area contributed by atoms with Gasteiger partial charge in [0.2, 0.25) is 12.1 Å². The van der Waals surface area contributed by atoms with E-state index in [9.17, 15) is 19.5 Å². The number of amides is 1. The zero-order valence-corrected chi connectivity index (χ0v) is 18.4. The molecule has 1 heterocycles. The molecule has 8 heteroatoms. The largest absolute Gasteiger partial charge is 0.508 e. The summed E-state index contributed by atoms with van der Waals surface area (Å²) in [5, 5.41) is 9.71. The van der Waals surface area contributed by atoms with E-state index in [2.05, 4.69) is 0 Å². The van der Waals surface area contributed by atoms with Crippen LogP contribution in [0.15, 0.2) is 84.9 Å². The quantitative estimate of drug-likeness (QED) is 0.411. The molecule has 1 aliphatic rings. The van der Waals surface area contributed by atoms with Crippen LogP contribution in [0.5, 0.6) is 5.75 Å². The maximum atomic E-state index is 13.6. The normalized spacial score (nSPS) is 18.2. The Kier molecular flexibility index (Phi) is 6.60. The predicted octanol–water partition coefficient (Wildman–Crippen LogP) is 2.82. The SMILES string of the molecule is CC(=O)OC1C(N)C(=O)N1C(C(=O)OC(c1ccccc1)c1ccccc1)c1ccc(O)cc1. The highest BCUT2D eigenvalue weighted by atomic mass is 16.6. The minimum Gasteiger partial charge on any atom is -0.508 e. The maximum absolute atomic E-state index is 13.6. The number of phenolic OH excluding ortho intramolecular Hbond substituents is 1. The fourth-order valence-corrected chi connectivity index (χ4v) is 3.92. The van der Waals surface area contributed by atoms with E-state index >= 15 is 0 Å². The number of esters is 2. The summed E-state index contributed by atoms with van der Waals surface area (Å²) in [6, 6.07) is 21.9. The molecule has 1 aliphatic heterocycles. The number of nitrogens with zero attached hydrogens (tertiary/aromatic N) is 1. The first kappa shape index (κ1) is 23.0. The van der Waals surface area contributed by atoms with Crippen molar-refractivity contribution in [1.29, 1.82) is 0 Å². The number of β-lactam (4-membered cyclic amide) rings is 1. The number of carbonyl (C=O) groups is 3. The van der Waals surface area contributed by atoms with E-state index in [1.54, 1.807) is 0 Å². The minimum atomic E-state index is -1.24. The molecular formula is C26H24N2O6. The van der Waals surface area contributed by atoms with Crippen LogP contribution in [0.1, 0.15) is 35.8 Å². The maximum Gasteiger partial charge on any atom is 0.334 e. The van der Waals surface area contributed by atoms with Gasteiger partial charge in [-0.3, -0.25) is 14.5 Å². The second kappa shape index (κ2) is 9.76. The Morgan fingerprint density at radius 1 is 0.882 bits per heavy atom. The summed E-state index contributed by atoms with van der Waals surface area (Å²) in [7, 11) is 0. The van der Waals surface area contributed by atoms with Gasteiger partial charge in [-0.05, 0) is 28.8 Å². The zero-order valence-electron chi connectivity index (χ0n) is 18.4. The zero-order chi connectivity index (χ0) is 24.2. The highest BCUT2D eigenvalue weighted by Gasteiger charge is 2.53. The highest BCUT2D eigenvalue weighted by molar-refractivity contribution is 5.94. The molecule has 3 aromatic carbocycles. The molecule has 1 saturated heterocycles. The lowest BCUT2D eigenvalue weighted by atomic mass is 9.96. The molecule has 3 unspecified atom stereocenters. The van der Waals surface area contributed by atoms with Gasteiger partial charge in [0.15, 0.2) is 12.1 Å². The fourth-order valence-electron chi connectivity index (χ4n) is 3.92. The summed E-state index contributed by atoms with van der Waals surface area (Å²) in [5.41, 5.74) is 7.73. The lowest BCUT2D eigenvalue weighted by molar-refractivity contribution is -0.199. The number of ether oxygens (including phenoxy) is 2. The van der Waals surface area contributed by atoms with E-state index in [1.807, 2.05) is 60.7 Å². The number of carbonyl (C=O) groups excluding carboxylic acids is 3. The van der Waals surface area contributed by atoms with Gasteiger partial charge < -0.3 is 20.3 Å². The minimum absolute atomic E-state index is 0.00881. The summed E-state index contributed by atoms with van der Waals surface area (Å²) >= 11 is 0. The van der Waals surface area contributed by atoms with Crippen molar-refractivity contribution < 1.29 is 29.0 Å². The Balaban J connectivity index is 1.72. The molecule has 0 spiro atoms. The second-order valence-corrected chi connectivity index (χ2v) is 7.90. The topological polar surface area (TPSA) is 119 Å². The molecule has 3 N–H and O–H groups in total. The monoisotopic (exact) mass is 460 g/mol. The first-order valence-electron chi connectivity index (χ1n) is 10.7. The summed E-state index contributed by atoms with van der Waals surface area (Å²) < 4.78 is 11.2. The van der Waals surface area contributed by atoms with E-state index in [0.717, 1.165) is 16.0 Å². The molecule has 1 amide bonds. The van der Waals surface area contributed by atoms with Crippen LogP contribution in [0, 0.1) is 0 Å². The first-order valence-corrected chi connectivity index (χ1v) is 10.7. The van der Waals surface area contributed by atoms with Gasteiger partial charge in [0.1, 0.15) is 11.8 Å². The Hall–Kier alpha value is -4.17. The van der Waals surface area contributed by atoms with E-state index < -0.39 is 42.3 Å². The van der Waals surface area contributed by atoms with E-state index in [1.165, 1.54) is 31.2 Å². The third-order valence-corrected chi connectivity index (χ3v) is 5.56. The third kappa shape index (κ3) is 4.62. The standard InChI is InChI=1S/C26H24N2O6/c1-16(29)33-25-21(27)24(31)28(25)22(17-12-14-20(30)15-13-17)26(32)34-23(18-8-4-2-5-9-18)19-10-6-3-7-11-19/h2-15,21-23,25,30H,27H2,1H3. The molecule has 174 valence electrons. The molecule has 0 radical (unpaired) electrons. The summed E-state index contributed by atoms with van der Waals surface area (Å²) in [6.45, 7) is 1.20. The molecule has 3 aromatic rings. The average Bonchev–Trinajstić information content (AvgIpc) is 2.86. The van der Waals surface area contributed by atoms with Gasteiger partial charge in [-0.1, -0.05) is 72.8 Å². The lowest BCUT2D eigenvalue weighted by Gasteiger charge is -2.47. The Labute approximate surface area is 196 Å². The number of nitrogens with two attached hydrogens (primary N) is 1. The van der Waals surface area contributed by atoms with Crippen molar-refractivity contribution in [1.82, 2.24) is 4.90 Å². The molecular weight excluding hydrogens is 436 g/mol. The number of likely N-dealkylation sites (tertiary alicyclic amines) is 1. The van der Waals surface area contributed by atoms with Crippen LogP contribution in [0.3, 0.4) is 0 Å². The van der Waals surface area contributed by atoms with Crippen LogP contribution in [-0.2, 0) is 23.9 Å². The van der Waals surface area contributed by atoms with Gasteiger partial charge in [-0.15, -0.1) is 0 Å². The molecule has 0 aromatic heterocycles. The number of phenols is 1. The Morgan fingerprint density at radius 3 is 1.91 bits per heavy atom. The van der Waals surface area contributed by atoms with Crippen molar-refractivity contribution in [3.8, 4) is 5.75 Å². The number of rotatable bonds is 7. The Bertz CT molecular complexity index is 1130. The summed E-state index contributed by atoms with van der Waals surface area (Å²) in [6.07, 6.45) is -1.87. The van der Waals surface area contributed by atoms with Gasteiger partial charge in [0.05, 0.1) is 0 Å². The number of benzene rings is 3. The van der Waals surface area contributed by atoms with Crippen molar-refractivity contribution in [2.45, 2.75) is 31.3 Å². The molecule has 0 bridgehead atoms. The van der Waals surface area contributed by atoms with Gasteiger partial charge in [-0.2, -0.15) is 0 Å². The van der Waals surface area contributed by atoms with Crippen molar-refractivity contribution in [3.63, 3.8) is 0 Å².